The Morgan fingerprint density at radius 3 is 2.60 bits per heavy atom. The number of nitrogens with one attached hydrogen (secondary N) is 1. The third kappa shape index (κ3) is 4.17. The minimum atomic E-state index is -0.841. The van der Waals surface area contributed by atoms with Crippen LogP contribution in [0.25, 0.3) is 11.3 Å². The summed E-state index contributed by atoms with van der Waals surface area (Å²) in [5, 5.41) is 15.1. The van der Waals surface area contributed by atoms with Gasteiger partial charge in [0.2, 0.25) is 0 Å². The highest BCUT2D eigenvalue weighted by Crippen LogP contribution is 2.25. The predicted octanol–water partition coefficient (Wildman–Crippen LogP) is 3.69. The third-order valence-electron chi connectivity index (χ3n) is 4.35. The Morgan fingerprint density at radius 2 is 2.00 bits per heavy atom. The number of piperidine rings is 1. The minimum Gasteiger partial charge on any atom is -0.481 e. The maximum absolute atomic E-state index is 12.5. The van der Waals surface area contributed by atoms with Crippen molar-refractivity contribution < 1.29 is 14.7 Å². The summed E-state index contributed by atoms with van der Waals surface area (Å²) in [6, 6.07) is 7.26. The first-order valence-corrected chi connectivity index (χ1v) is 9.11. The Labute approximate surface area is 150 Å². The average Bonchev–Trinajstić information content (AvgIpc) is 3.01. The van der Waals surface area contributed by atoms with Crippen LogP contribution >= 0.6 is 11.3 Å². The topological polar surface area (TPSA) is 82.5 Å². The number of likely N-dealkylation sites (tertiary alicyclic amines) is 1. The molecule has 2 amide bonds. The summed E-state index contributed by atoms with van der Waals surface area (Å²) in [7, 11) is 0. The molecular weight excluding hydrogens is 338 g/mol. The van der Waals surface area contributed by atoms with Crippen LogP contribution in [0, 0.1) is 18.8 Å². The molecule has 2 aromatic rings. The zero-order valence-corrected chi connectivity index (χ0v) is 15.0. The van der Waals surface area contributed by atoms with E-state index in [0.717, 1.165) is 16.3 Å². The molecular formula is C18H21N3O3S. The van der Waals surface area contributed by atoms with Gasteiger partial charge in [-0.3, -0.25) is 4.79 Å². The fourth-order valence-corrected chi connectivity index (χ4v) is 3.74. The van der Waals surface area contributed by atoms with Gasteiger partial charge in [-0.15, -0.1) is 11.3 Å². The van der Waals surface area contributed by atoms with E-state index in [4.69, 9.17) is 0 Å². The smallest absolute Gasteiger partial charge is 0.321 e. The molecule has 2 atom stereocenters. The normalized spacial score (nSPS) is 20.3. The van der Waals surface area contributed by atoms with Crippen LogP contribution in [-0.4, -0.2) is 40.1 Å². The molecule has 0 radical (unpaired) electrons. The van der Waals surface area contributed by atoms with Gasteiger partial charge in [0.15, 0.2) is 0 Å². The first kappa shape index (κ1) is 17.4. The Kier molecular flexibility index (Phi) is 5.03. The molecule has 0 bridgehead atoms. The SMILES string of the molecule is Cc1nc(-c2ccc(NC(=O)N3CC(C)CC(C(=O)O)C3)cc2)cs1. The highest BCUT2D eigenvalue weighted by molar-refractivity contribution is 7.09. The molecule has 1 fully saturated rings. The number of anilines is 1. The van der Waals surface area contributed by atoms with Crippen LogP contribution < -0.4 is 5.32 Å². The van der Waals surface area contributed by atoms with Crippen LogP contribution in [0.3, 0.4) is 0 Å². The Hall–Kier alpha value is -2.41. The van der Waals surface area contributed by atoms with Crippen LogP contribution in [0.15, 0.2) is 29.6 Å². The van der Waals surface area contributed by atoms with Crippen molar-refractivity contribution in [3.05, 3.63) is 34.7 Å². The maximum Gasteiger partial charge on any atom is 0.321 e. The molecule has 2 N–H and O–H groups in total. The Bertz CT molecular complexity index is 772. The summed E-state index contributed by atoms with van der Waals surface area (Å²) in [6.45, 7) is 4.76. The van der Waals surface area contributed by atoms with E-state index < -0.39 is 11.9 Å². The average molecular weight is 359 g/mol. The summed E-state index contributed by atoms with van der Waals surface area (Å²) in [5.74, 6) is -1.16. The second-order valence-electron chi connectivity index (χ2n) is 6.54. The largest absolute Gasteiger partial charge is 0.481 e. The number of carboxylic acid groups (broad SMARTS) is 1. The van der Waals surface area contributed by atoms with Gasteiger partial charge in [-0.25, -0.2) is 9.78 Å². The Balaban J connectivity index is 1.65. The van der Waals surface area contributed by atoms with Crippen LogP contribution in [0.5, 0.6) is 0 Å². The molecule has 2 heterocycles. The number of urea groups is 1. The fraction of sp³-hybridized carbons (Fsp3) is 0.389. The van der Waals surface area contributed by atoms with E-state index in [-0.39, 0.29) is 18.5 Å². The van der Waals surface area contributed by atoms with Gasteiger partial charge in [0.05, 0.1) is 16.6 Å². The molecule has 2 unspecified atom stereocenters. The number of hydrogen-bond acceptors (Lipinski definition) is 4. The minimum absolute atomic E-state index is 0.177. The molecule has 25 heavy (non-hydrogen) atoms. The molecule has 1 aliphatic heterocycles. The molecule has 0 aliphatic carbocycles. The van der Waals surface area contributed by atoms with E-state index in [1.165, 1.54) is 0 Å². The lowest BCUT2D eigenvalue weighted by atomic mass is 9.91. The second-order valence-corrected chi connectivity index (χ2v) is 7.60. The van der Waals surface area contributed by atoms with Gasteiger partial charge >= 0.3 is 12.0 Å². The number of thiazole rings is 1. The molecule has 0 spiro atoms. The number of aromatic nitrogens is 1. The summed E-state index contributed by atoms with van der Waals surface area (Å²) in [4.78, 5) is 29.7. The van der Waals surface area contributed by atoms with Crippen molar-refractivity contribution in [2.75, 3.05) is 18.4 Å². The zero-order valence-electron chi connectivity index (χ0n) is 14.2. The Morgan fingerprint density at radius 1 is 1.28 bits per heavy atom. The predicted molar refractivity (Wildman–Crippen MR) is 97.8 cm³/mol. The fourth-order valence-electron chi connectivity index (χ4n) is 3.12. The zero-order chi connectivity index (χ0) is 18.0. The molecule has 132 valence electrons. The lowest BCUT2D eigenvalue weighted by Crippen LogP contribution is -2.47. The summed E-state index contributed by atoms with van der Waals surface area (Å²) in [5.41, 5.74) is 2.61. The highest BCUT2D eigenvalue weighted by Gasteiger charge is 2.31. The second kappa shape index (κ2) is 7.23. The molecule has 1 aromatic carbocycles. The third-order valence-corrected chi connectivity index (χ3v) is 5.12. The van der Waals surface area contributed by atoms with E-state index in [1.54, 1.807) is 16.2 Å². The number of rotatable bonds is 3. The van der Waals surface area contributed by atoms with Crippen LogP contribution in [-0.2, 0) is 4.79 Å². The number of benzene rings is 1. The summed E-state index contributed by atoms with van der Waals surface area (Å²) >= 11 is 1.60. The van der Waals surface area contributed by atoms with Gasteiger partial charge in [-0.05, 0) is 31.4 Å². The number of carbonyl (C=O) groups is 2. The van der Waals surface area contributed by atoms with Crippen molar-refractivity contribution >= 4 is 29.0 Å². The molecule has 1 aromatic heterocycles. The first-order valence-electron chi connectivity index (χ1n) is 8.23. The van der Waals surface area contributed by atoms with Crippen molar-refractivity contribution in [1.29, 1.82) is 0 Å². The van der Waals surface area contributed by atoms with Crippen molar-refractivity contribution in [2.24, 2.45) is 11.8 Å². The first-order chi connectivity index (χ1) is 11.9. The van der Waals surface area contributed by atoms with Crippen LogP contribution in [0.1, 0.15) is 18.4 Å². The quantitative estimate of drug-likeness (QED) is 0.875. The lowest BCUT2D eigenvalue weighted by Gasteiger charge is -2.34. The van der Waals surface area contributed by atoms with Gasteiger partial charge in [0, 0.05) is 29.7 Å². The number of aliphatic carboxylic acids is 1. The molecule has 7 heteroatoms. The van der Waals surface area contributed by atoms with E-state index in [9.17, 15) is 14.7 Å². The van der Waals surface area contributed by atoms with Gasteiger partial charge in [0.25, 0.3) is 0 Å². The van der Waals surface area contributed by atoms with Crippen molar-refractivity contribution in [3.63, 3.8) is 0 Å². The van der Waals surface area contributed by atoms with Gasteiger partial charge < -0.3 is 15.3 Å². The standard InChI is InChI=1S/C18H21N3O3S/c1-11-7-14(17(22)23)9-21(8-11)18(24)20-15-5-3-13(4-6-15)16-10-25-12(2)19-16/h3-6,10-11,14H,7-9H2,1-2H3,(H,20,24)(H,22,23). The number of nitrogens with zero attached hydrogens (tertiary/aromatic N) is 2. The van der Waals surface area contributed by atoms with Crippen molar-refractivity contribution in [1.82, 2.24) is 9.88 Å². The van der Waals surface area contributed by atoms with Crippen molar-refractivity contribution in [2.45, 2.75) is 20.3 Å². The molecule has 1 saturated heterocycles. The van der Waals surface area contributed by atoms with E-state index in [0.29, 0.717) is 18.7 Å². The summed E-state index contributed by atoms with van der Waals surface area (Å²) < 4.78 is 0. The van der Waals surface area contributed by atoms with Gasteiger partial charge in [-0.1, -0.05) is 19.1 Å². The van der Waals surface area contributed by atoms with Crippen LogP contribution in [0.4, 0.5) is 10.5 Å². The number of carbonyl (C=O) groups excluding carboxylic acids is 1. The number of hydrogen-bond donors (Lipinski definition) is 2. The molecule has 6 nitrogen and oxygen atoms in total. The highest BCUT2D eigenvalue weighted by atomic mass is 32.1. The number of amides is 2. The van der Waals surface area contributed by atoms with Gasteiger partial charge in [0.1, 0.15) is 0 Å². The molecule has 0 saturated carbocycles. The number of aryl methyl sites for hydroxylation is 1. The van der Waals surface area contributed by atoms with Gasteiger partial charge in [-0.2, -0.15) is 0 Å². The summed E-state index contributed by atoms with van der Waals surface area (Å²) in [6.07, 6.45) is 0.612. The molecule has 1 aliphatic rings. The maximum atomic E-state index is 12.5. The van der Waals surface area contributed by atoms with E-state index in [2.05, 4.69) is 10.3 Å². The lowest BCUT2D eigenvalue weighted by molar-refractivity contribution is -0.143. The van der Waals surface area contributed by atoms with Crippen LogP contribution in [0.2, 0.25) is 0 Å². The van der Waals surface area contributed by atoms with Crippen molar-refractivity contribution in [3.8, 4) is 11.3 Å². The molecule has 3 rings (SSSR count). The van der Waals surface area contributed by atoms with E-state index >= 15 is 0 Å². The monoisotopic (exact) mass is 359 g/mol. The number of carboxylic acids is 1. The van der Waals surface area contributed by atoms with E-state index in [1.807, 2.05) is 43.5 Å².